The van der Waals surface area contributed by atoms with Crippen LogP contribution in [0, 0.1) is 0 Å². The molecule has 0 bridgehead atoms. The van der Waals surface area contributed by atoms with Crippen molar-refractivity contribution < 1.29 is 4.74 Å². The van der Waals surface area contributed by atoms with Crippen molar-refractivity contribution >= 4 is 27.3 Å². The molecular weight excluding hydrogens is 302 g/mol. The van der Waals surface area contributed by atoms with Gasteiger partial charge in [-0.25, -0.2) is 4.98 Å². The normalized spacial score (nSPS) is 20.6. The van der Waals surface area contributed by atoms with Gasteiger partial charge in [-0.2, -0.15) is 0 Å². The molecule has 1 saturated heterocycles. The first kappa shape index (κ1) is 11.4. The first-order chi connectivity index (χ1) is 8.33. The zero-order valence-corrected chi connectivity index (χ0v) is 11.5. The van der Waals surface area contributed by atoms with Crippen molar-refractivity contribution in [2.24, 2.45) is 0 Å². The van der Waals surface area contributed by atoms with Crippen LogP contribution in [0.15, 0.2) is 22.1 Å². The molecule has 90 valence electrons. The van der Waals surface area contributed by atoms with Crippen LogP contribution in [0.1, 0.15) is 11.9 Å². The summed E-state index contributed by atoms with van der Waals surface area (Å²) in [4.78, 5) is 8.95. The molecule has 17 heavy (non-hydrogen) atoms. The molecule has 1 atom stereocenters. The van der Waals surface area contributed by atoms with Crippen molar-refractivity contribution in [1.82, 2.24) is 15.3 Å². The summed E-state index contributed by atoms with van der Waals surface area (Å²) >= 11 is 5.15. The Bertz CT molecular complexity index is 504. The van der Waals surface area contributed by atoms with Gasteiger partial charge in [0.15, 0.2) is 0 Å². The molecule has 6 heteroatoms. The minimum Gasteiger partial charge on any atom is -0.378 e. The molecule has 0 saturated carbocycles. The quantitative estimate of drug-likeness (QED) is 0.896. The molecule has 1 fully saturated rings. The van der Waals surface area contributed by atoms with Crippen molar-refractivity contribution in [2.45, 2.75) is 6.04 Å². The Morgan fingerprint density at radius 2 is 2.47 bits per heavy atom. The molecule has 1 unspecified atom stereocenters. The summed E-state index contributed by atoms with van der Waals surface area (Å²) < 4.78 is 6.53. The van der Waals surface area contributed by atoms with E-state index < -0.39 is 0 Å². The SMILES string of the molecule is Brc1csc(-c2cnc(C3COCCN3)[nH]2)c1. The highest BCUT2D eigenvalue weighted by Crippen LogP contribution is 2.29. The van der Waals surface area contributed by atoms with E-state index in [1.165, 1.54) is 4.88 Å². The van der Waals surface area contributed by atoms with Crippen LogP contribution in [0.2, 0.25) is 0 Å². The molecule has 3 rings (SSSR count). The van der Waals surface area contributed by atoms with Gasteiger partial charge in [-0.15, -0.1) is 11.3 Å². The smallest absolute Gasteiger partial charge is 0.126 e. The Labute approximate surface area is 112 Å². The summed E-state index contributed by atoms with van der Waals surface area (Å²) in [7, 11) is 0. The number of hydrogen-bond donors (Lipinski definition) is 2. The van der Waals surface area contributed by atoms with Crippen LogP contribution in [-0.2, 0) is 4.74 Å². The Kier molecular flexibility index (Phi) is 3.28. The van der Waals surface area contributed by atoms with Crippen molar-refractivity contribution in [3.63, 3.8) is 0 Å². The molecule has 1 aliphatic rings. The number of ether oxygens (including phenoxy) is 1. The van der Waals surface area contributed by atoms with E-state index in [1.54, 1.807) is 11.3 Å². The fourth-order valence-electron chi connectivity index (χ4n) is 1.83. The minimum atomic E-state index is 0.181. The number of thiophene rings is 1. The van der Waals surface area contributed by atoms with Gasteiger partial charge in [0.1, 0.15) is 5.82 Å². The first-order valence-electron chi connectivity index (χ1n) is 5.43. The Morgan fingerprint density at radius 1 is 1.53 bits per heavy atom. The monoisotopic (exact) mass is 313 g/mol. The fraction of sp³-hybridized carbons (Fsp3) is 0.364. The molecule has 2 aromatic rings. The molecule has 2 N–H and O–H groups in total. The number of rotatable bonds is 2. The predicted octanol–water partition coefficient (Wildman–Crippen LogP) is 2.56. The number of nitrogens with one attached hydrogen (secondary N) is 2. The molecule has 0 spiro atoms. The Balaban J connectivity index is 1.82. The molecule has 0 amide bonds. The summed E-state index contributed by atoms with van der Waals surface area (Å²) in [5.41, 5.74) is 1.06. The van der Waals surface area contributed by atoms with Crippen LogP contribution in [0.4, 0.5) is 0 Å². The lowest BCUT2D eigenvalue weighted by Gasteiger charge is -2.21. The van der Waals surface area contributed by atoms with Gasteiger partial charge >= 0.3 is 0 Å². The number of H-pyrrole nitrogens is 1. The summed E-state index contributed by atoms with van der Waals surface area (Å²) in [6, 6.07) is 2.27. The average molecular weight is 314 g/mol. The van der Waals surface area contributed by atoms with Crippen LogP contribution >= 0.6 is 27.3 Å². The molecule has 0 aromatic carbocycles. The number of aromatic amines is 1. The number of aromatic nitrogens is 2. The zero-order valence-electron chi connectivity index (χ0n) is 9.07. The van der Waals surface area contributed by atoms with Crippen LogP contribution in [0.3, 0.4) is 0 Å². The van der Waals surface area contributed by atoms with Crippen molar-refractivity contribution in [3.05, 3.63) is 27.9 Å². The zero-order chi connectivity index (χ0) is 11.7. The predicted molar refractivity (Wildman–Crippen MR) is 71.2 cm³/mol. The maximum Gasteiger partial charge on any atom is 0.126 e. The molecular formula is C11H12BrN3OS. The van der Waals surface area contributed by atoms with Crippen LogP contribution in [-0.4, -0.2) is 29.7 Å². The number of morpholine rings is 1. The topological polar surface area (TPSA) is 49.9 Å². The lowest BCUT2D eigenvalue weighted by Crippen LogP contribution is -2.35. The maximum atomic E-state index is 5.43. The number of imidazole rings is 1. The average Bonchev–Trinajstić information content (AvgIpc) is 2.98. The van der Waals surface area contributed by atoms with Gasteiger partial charge in [0.05, 0.1) is 36.0 Å². The summed E-state index contributed by atoms with van der Waals surface area (Å²) in [6.07, 6.45) is 1.88. The molecule has 0 aliphatic carbocycles. The third-order valence-corrected chi connectivity index (χ3v) is 4.40. The van der Waals surface area contributed by atoms with E-state index in [4.69, 9.17) is 4.74 Å². The first-order valence-corrected chi connectivity index (χ1v) is 7.10. The lowest BCUT2D eigenvalue weighted by molar-refractivity contribution is 0.0745. The largest absolute Gasteiger partial charge is 0.378 e. The van der Waals surface area contributed by atoms with E-state index >= 15 is 0 Å². The molecule has 0 radical (unpaired) electrons. The van der Waals surface area contributed by atoms with Crippen molar-refractivity contribution in [2.75, 3.05) is 19.8 Å². The molecule has 4 nitrogen and oxygen atoms in total. The van der Waals surface area contributed by atoms with Crippen LogP contribution in [0.5, 0.6) is 0 Å². The second kappa shape index (κ2) is 4.89. The summed E-state index contributed by atoms with van der Waals surface area (Å²) in [5.74, 6) is 0.948. The number of hydrogen-bond acceptors (Lipinski definition) is 4. The third-order valence-electron chi connectivity index (χ3n) is 2.68. The highest BCUT2D eigenvalue weighted by Gasteiger charge is 2.18. The van der Waals surface area contributed by atoms with Gasteiger partial charge in [-0.3, -0.25) is 0 Å². The van der Waals surface area contributed by atoms with E-state index in [9.17, 15) is 0 Å². The fourth-order valence-corrected chi connectivity index (χ4v) is 3.23. The summed E-state index contributed by atoms with van der Waals surface area (Å²) in [6.45, 7) is 2.34. The van der Waals surface area contributed by atoms with Crippen molar-refractivity contribution in [1.29, 1.82) is 0 Å². The van der Waals surface area contributed by atoms with E-state index in [0.29, 0.717) is 6.61 Å². The van der Waals surface area contributed by atoms with Gasteiger partial charge in [0.2, 0.25) is 0 Å². The number of halogens is 1. The Morgan fingerprint density at radius 3 is 3.18 bits per heavy atom. The van der Waals surface area contributed by atoms with Gasteiger partial charge in [-0.1, -0.05) is 0 Å². The summed E-state index contributed by atoms with van der Waals surface area (Å²) in [5, 5.41) is 5.45. The second-order valence-electron chi connectivity index (χ2n) is 3.89. The van der Waals surface area contributed by atoms with Crippen LogP contribution in [0.25, 0.3) is 10.6 Å². The van der Waals surface area contributed by atoms with Gasteiger partial charge in [-0.05, 0) is 22.0 Å². The van der Waals surface area contributed by atoms with E-state index in [-0.39, 0.29) is 6.04 Å². The maximum absolute atomic E-state index is 5.43. The molecule has 3 heterocycles. The highest BCUT2D eigenvalue weighted by molar-refractivity contribution is 9.10. The second-order valence-corrected chi connectivity index (χ2v) is 5.72. The van der Waals surface area contributed by atoms with Gasteiger partial charge in [0.25, 0.3) is 0 Å². The number of nitrogens with zero attached hydrogens (tertiary/aromatic N) is 1. The Hall–Kier alpha value is -0.690. The minimum absolute atomic E-state index is 0.181. The molecule has 1 aliphatic heterocycles. The van der Waals surface area contributed by atoms with Crippen molar-refractivity contribution in [3.8, 4) is 10.6 Å². The van der Waals surface area contributed by atoms with E-state index in [1.807, 2.05) is 6.20 Å². The van der Waals surface area contributed by atoms with Gasteiger partial charge in [0, 0.05) is 16.4 Å². The standard InChI is InChI=1S/C11H12BrN3OS/c12-7-3-10(17-6-7)8-4-14-11(15-8)9-5-16-2-1-13-9/h3-4,6,9,13H,1-2,5H2,(H,14,15). The van der Waals surface area contributed by atoms with E-state index in [0.717, 1.165) is 29.1 Å². The van der Waals surface area contributed by atoms with Crippen LogP contribution < -0.4 is 5.32 Å². The lowest BCUT2D eigenvalue weighted by atomic mass is 10.2. The molecule has 2 aromatic heterocycles. The highest BCUT2D eigenvalue weighted by atomic mass is 79.9. The third kappa shape index (κ3) is 2.44. The van der Waals surface area contributed by atoms with Gasteiger partial charge < -0.3 is 15.0 Å². The van der Waals surface area contributed by atoms with E-state index in [2.05, 4.69) is 42.7 Å².